The van der Waals surface area contributed by atoms with E-state index in [1.165, 1.54) is 0 Å². The second-order valence-electron chi connectivity index (χ2n) is 7.73. The molecule has 2 fully saturated rings. The van der Waals surface area contributed by atoms with Crippen molar-refractivity contribution in [2.75, 3.05) is 19.0 Å². The molecule has 1 saturated carbocycles. The van der Waals surface area contributed by atoms with E-state index in [4.69, 9.17) is 21.7 Å². The van der Waals surface area contributed by atoms with Crippen LogP contribution in [-0.4, -0.2) is 29.3 Å². The first-order valence-corrected chi connectivity index (χ1v) is 9.22. The number of hydrogen-bond acceptors (Lipinski definition) is 5. The number of thiocarbonyl (C=S) groups is 1. The molecule has 3 unspecified atom stereocenters. The number of carbonyl (C=O) groups excluding carboxylic acids is 1. The lowest BCUT2D eigenvalue weighted by molar-refractivity contribution is -0.141. The van der Waals surface area contributed by atoms with Gasteiger partial charge in [0.2, 0.25) is 4.38 Å². The minimum absolute atomic E-state index is 0.0159. The molecule has 124 valence electrons. The Kier molecular flexibility index (Phi) is 5.59. The average molecular weight is 343 g/mol. The van der Waals surface area contributed by atoms with E-state index in [-0.39, 0.29) is 22.7 Å². The fraction of sp³-hybridized carbons (Fsp3) is 0.765. The van der Waals surface area contributed by atoms with Crippen LogP contribution in [0.5, 0.6) is 0 Å². The van der Waals surface area contributed by atoms with Gasteiger partial charge in [0.25, 0.3) is 0 Å². The third kappa shape index (κ3) is 4.25. The number of esters is 1. The number of hydrogen-bond donors (Lipinski definition) is 0. The molecule has 0 amide bonds. The number of thioether (sulfide) groups is 1. The van der Waals surface area contributed by atoms with Crippen LogP contribution in [0, 0.1) is 22.7 Å². The molecule has 0 aromatic carbocycles. The van der Waals surface area contributed by atoms with Crippen molar-refractivity contribution in [3.05, 3.63) is 12.7 Å². The van der Waals surface area contributed by atoms with Gasteiger partial charge in [-0.2, -0.15) is 0 Å². The van der Waals surface area contributed by atoms with Crippen molar-refractivity contribution in [3.63, 3.8) is 0 Å². The van der Waals surface area contributed by atoms with E-state index < -0.39 is 0 Å². The minimum atomic E-state index is -0.0269. The van der Waals surface area contributed by atoms with Crippen molar-refractivity contribution in [1.29, 1.82) is 0 Å². The van der Waals surface area contributed by atoms with Gasteiger partial charge in [-0.25, -0.2) is 0 Å². The number of fused-ring (bicyclic) bond motifs is 1. The van der Waals surface area contributed by atoms with Crippen molar-refractivity contribution in [3.8, 4) is 0 Å². The SMILES string of the molecule is C=CCC12COC(=O)C1CC(CSC(=S)OCC(C)(C)C)C2. The predicted molar refractivity (Wildman–Crippen MR) is 94.9 cm³/mol. The smallest absolute Gasteiger partial charge is 0.309 e. The van der Waals surface area contributed by atoms with Gasteiger partial charge in [0.05, 0.1) is 19.1 Å². The van der Waals surface area contributed by atoms with Crippen LogP contribution in [0.2, 0.25) is 0 Å². The molecule has 2 aliphatic rings. The number of allylic oxidation sites excluding steroid dienone is 1. The van der Waals surface area contributed by atoms with Gasteiger partial charge in [-0.1, -0.05) is 38.6 Å². The molecule has 0 aromatic rings. The van der Waals surface area contributed by atoms with Crippen molar-refractivity contribution >= 4 is 34.3 Å². The number of cyclic esters (lactones) is 1. The molecule has 1 aliphatic carbocycles. The van der Waals surface area contributed by atoms with Gasteiger partial charge in [0, 0.05) is 11.2 Å². The van der Waals surface area contributed by atoms with Gasteiger partial charge >= 0.3 is 5.97 Å². The lowest BCUT2D eigenvalue weighted by Gasteiger charge is -2.24. The molecular weight excluding hydrogens is 316 g/mol. The summed E-state index contributed by atoms with van der Waals surface area (Å²) in [7, 11) is 0. The third-order valence-electron chi connectivity index (χ3n) is 4.40. The van der Waals surface area contributed by atoms with Crippen molar-refractivity contribution in [2.45, 2.75) is 40.0 Å². The van der Waals surface area contributed by atoms with Gasteiger partial charge in [-0.3, -0.25) is 4.79 Å². The van der Waals surface area contributed by atoms with E-state index >= 15 is 0 Å². The molecule has 5 heteroatoms. The van der Waals surface area contributed by atoms with Crippen LogP contribution in [0.15, 0.2) is 12.7 Å². The molecule has 0 radical (unpaired) electrons. The highest BCUT2D eigenvalue weighted by Gasteiger charge is 2.55. The topological polar surface area (TPSA) is 35.5 Å². The summed E-state index contributed by atoms with van der Waals surface area (Å²) in [5.74, 6) is 1.44. The Morgan fingerprint density at radius 1 is 1.59 bits per heavy atom. The van der Waals surface area contributed by atoms with E-state index in [9.17, 15) is 4.79 Å². The van der Waals surface area contributed by atoms with Gasteiger partial charge in [-0.15, -0.1) is 6.58 Å². The van der Waals surface area contributed by atoms with Gasteiger partial charge in [0.15, 0.2) is 0 Å². The second-order valence-corrected chi connectivity index (χ2v) is 9.35. The zero-order chi connectivity index (χ0) is 16.4. The first-order valence-electron chi connectivity index (χ1n) is 7.83. The predicted octanol–water partition coefficient (Wildman–Crippen LogP) is 4.21. The fourth-order valence-corrected chi connectivity index (χ4v) is 4.44. The maximum Gasteiger partial charge on any atom is 0.309 e. The Hall–Kier alpha value is -0.550. The summed E-state index contributed by atoms with van der Waals surface area (Å²) in [5, 5.41) is 0. The summed E-state index contributed by atoms with van der Waals surface area (Å²) in [6.45, 7) is 11.4. The van der Waals surface area contributed by atoms with Crippen molar-refractivity contribution in [2.24, 2.45) is 22.7 Å². The Morgan fingerprint density at radius 3 is 2.95 bits per heavy atom. The van der Waals surface area contributed by atoms with Crippen LogP contribution in [0.25, 0.3) is 0 Å². The Balaban J connectivity index is 1.82. The highest BCUT2D eigenvalue weighted by molar-refractivity contribution is 8.22. The molecule has 1 saturated heterocycles. The zero-order valence-electron chi connectivity index (χ0n) is 13.7. The zero-order valence-corrected chi connectivity index (χ0v) is 15.4. The molecule has 0 N–H and O–H groups in total. The molecule has 3 nitrogen and oxygen atoms in total. The minimum Gasteiger partial charge on any atom is -0.478 e. The molecule has 2 rings (SSSR count). The monoisotopic (exact) mass is 342 g/mol. The van der Waals surface area contributed by atoms with Crippen LogP contribution in [0.3, 0.4) is 0 Å². The molecule has 3 atom stereocenters. The first-order chi connectivity index (χ1) is 10.3. The molecule has 0 spiro atoms. The summed E-state index contributed by atoms with van der Waals surface area (Å²) >= 11 is 6.90. The van der Waals surface area contributed by atoms with Crippen LogP contribution in [0.1, 0.15) is 40.0 Å². The maximum atomic E-state index is 11.9. The Labute approximate surface area is 143 Å². The van der Waals surface area contributed by atoms with Crippen molar-refractivity contribution < 1.29 is 14.3 Å². The number of carbonyl (C=O) groups is 1. The van der Waals surface area contributed by atoms with E-state index in [1.807, 2.05) is 6.08 Å². The summed E-state index contributed by atoms with van der Waals surface area (Å²) in [6.07, 6.45) is 4.70. The van der Waals surface area contributed by atoms with Crippen LogP contribution in [0.4, 0.5) is 0 Å². The summed E-state index contributed by atoms with van der Waals surface area (Å²) in [6, 6.07) is 0. The van der Waals surface area contributed by atoms with Crippen LogP contribution < -0.4 is 0 Å². The van der Waals surface area contributed by atoms with Gasteiger partial charge in [-0.05, 0) is 42.8 Å². The normalized spacial score (nSPS) is 30.8. The molecule has 22 heavy (non-hydrogen) atoms. The third-order valence-corrected chi connectivity index (χ3v) is 5.86. The number of ether oxygens (including phenoxy) is 2. The lowest BCUT2D eigenvalue weighted by Crippen LogP contribution is -2.24. The maximum absolute atomic E-state index is 11.9. The quantitative estimate of drug-likeness (QED) is 0.425. The summed E-state index contributed by atoms with van der Waals surface area (Å²) in [5.41, 5.74) is 0.102. The average Bonchev–Trinajstić information content (AvgIpc) is 2.92. The highest BCUT2D eigenvalue weighted by Crippen LogP contribution is 2.54. The van der Waals surface area contributed by atoms with Crippen LogP contribution >= 0.6 is 24.0 Å². The first kappa shape index (κ1) is 17.8. The largest absolute Gasteiger partial charge is 0.478 e. The van der Waals surface area contributed by atoms with E-state index in [0.29, 0.717) is 23.5 Å². The highest BCUT2D eigenvalue weighted by atomic mass is 32.2. The molecule has 1 heterocycles. The number of rotatable bonds is 5. The summed E-state index contributed by atoms with van der Waals surface area (Å²) in [4.78, 5) is 11.9. The molecule has 1 aliphatic heterocycles. The van der Waals surface area contributed by atoms with Crippen LogP contribution in [-0.2, 0) is 14.3 Å². The fourth-order valence-electron chi connectivity index (χ4n) is 3.41. The molecular formula is C17H26O3S2. The Bertz CT molecular complexity index is 455. The van der Waals surface area contributed by atoms with Gasteiger partial charge in [0.1, 0.15) is 0 Å². The molecule has 0 aromatic heterocycles. The van der Waals surface area contributed by atoms with Gasteiger partial charge < -0.3 is 9.47 Å². The van der Waals surface area contributed by atoms with E-state index in [2.05, 4.69) is 27.4 Å². The Morgan fingerprint density at radius 2 is 2.32 bits per heavy atom. The standard InChI is InChI=1S/C17H26O3S2/c1-5-6-17-8-12(7-13(17)14(18)19-11-17)9-22-15(21)20-10-16(2,3)4/h5,12-13H,1,6-11H2,2-4H3. The van der Waals surface area contributed by atoms with Crippen molar-refractivity contribution in [1.82, 2.24) is 0 Å². The molecule has 0 bridgehead atoms. The van der Waals surface area contributed by atoms with E-state index in [1.54, 1.807) is 11.8 Å². The summed E-state index contributed by atoms with van der Waals surface area (Å²) < 4.78 is 11.5. The van der Waals surface area contributed by atoms with E-state index in [0.717, 1.165) is 25.0 Å². The lowest BCUT2D eigenvalue weighted by atomic mass is 9.77. The second kappa shape index (κ2) is 6.91.